The van der Waals surface area contributed by atoms with Crippen molar-refractivity contribution in [3.8, 4) is 0 Å². The standard InChI is InChI=1S/C11H19N5O2S/c1-7-8(6-14-16-7)5-13-10(17)9(3-4-19-2)15-11(12)18/h6,9H,3-5H2,1-2H3,(H,13,17)(H,14,16)(H3,12,15,18). The van der Waals surface area contributed by atoms with Crippen molar-refractivity contribution in [1.82, 2.24) is 20.8 Å². The number of H-pyrrole nitrogens is 1. The Hall–Kier alpha value is -1.70. The number of thioether (sulfide) groups is 1. The molecule has 1 rings (SSSR count). The van der Waals surface area contributed by atoms with Crippen molar-refractivity contribution in [2.75, 3.05) is 12.0 Å². The van der Waals surface area contributed by atoms with Gasteiger partial charge in [0.2, 0.25) is 5.91 Å². The maximum Gasteiger partial charge on any atom is 0.312 e. The summed E-state index contributed by atoms with van der Waals surface area (Å²) in [5.74, 6) is 0.525. The molecule has 0 aliphatic heterocycles. The summed E-state index contributed by atoms with van der Waals surface area (Å²) in [6.07, 6.45) is 4.14. The van der Waals surface area contributed by atoms with Crippen LogP contribution in [0.5, 0.6) is 0 Å². The number of aromatic nitrogens is 2. The Labute approximate surface area is 116 Å². The van der Waals surface area contributed by atoms with Crippen LogP contribution in [-0.4, -0.2) is 40.2 Å². The second-order valence-corrected chi connectivity index (χ2v) is 5.07. The Bertz CT molecular complexity index is 434. The van der Waals surface area contributed by atoms with E-state index < -0.39 is 12.1 Å². The first-order chi connectivity index (χ1) is 9.04. The Balaban J connectivity index is 2.51. The molecule has 0 aliphatic carbocycles. The monoisotopic (exact) mass is 285 g/mol. The quantitative estimate of drug-likeness (QED) is 0.570. The first-order valence-electron chi connectivity index (χ1n) is 5.86. The molecule has 8 heteroatoms. The summed E-state index contributed by atoms with van der Waals surface area (Å²) in [4.78, 5) is 22.8. The van der Waals surface area contributed by atoms with E-state index in [0.29, 0.717) is 13.0 Å². The van der Waals surface area contributed by atoms with Crippen molar-refractivity contribution in [3.63, 3.8) is 0 Å². The molecule has 0 saturated heterocycles. The summed E-state index contributed by atoms with van der Waals surface area (Å²) in [6.45, 7) is 2.25. The van der Waals surface area contributed by atoms with E-state index in [1.165, 1.54) is 0 Å². The Morgan fingerprint density at radius 2 is 2.32 bits per heavy atom. The predicted octanol–water partition coefficient (Wildman–Crippen LogP) is 0.124. The van der Waals surface area contributed by atoms with Gasteiger partial charge in [-0.25, -0.2) is 4.79 Å². The van der Waals surface area contributed by atoms with E-state index in [1.54, 1.807) is 18.0 Å². The lowest BCUT2D eigenvalue weighted by molar-refractivity contribution is -0.123. The van der Waals surface area contributed by atoms with Gasteiger partial charge < -0.3 is 16.4 Å². The molecule has 3 amide bonds. The van der Waals surface area contributed by atoms with Gasteiger partial charge in [-0.2, -0.15) is 16.9 Å². The number of hydrogen-bond donors (Lipinski definition) is 4. The fourth-order valence-electron chi connectivity index (χ4n) is 1.54. The Morgan fingerprint density at radius 3 is 2.84 bits per heavy atom. The van der Waals surface area contributed by atoms with Crippen LogP contribution in [0.3, 0.4) is 0 Å². The third kappa shape index (κ3) is 5.21. The Morgan fingerprint density at radius 1 is 1.58 bits per heavy atom. The van der Waals surface area contributed by atoms with Crippen LogP contribution in [0.1, 0.15) is 17.7 Å². The Kier molecular flexibility index (Phi) is 6.20. The molecule has 0 radical (unpaired) electrons. The maximum atomic E-state index is 12.0. The van der Waals surface area contributed by atoms with Crippen LogP contribution in [0.2, 0.25) is 0 Å². The second kappa shape index (κ2) is 7.67. The maximum absolute atomic E-state index is 12.0. The van der Waals surface area contributed by atoms with Crippen LogP contribution in [-0.2, 0) is 11.3 Å². The van der Waals surface area contributed by atoms with Gasteiger partial charge in [0, 0.05) is 17.8 Å². The van der Waals surface area contributed by atoms with Crippen LogP contribution in [0, 0.1) is 6.92 Å². The summed E-state index contributed by atoms with van der Waals surface area (Å²) in [5, 5.41) is 11.9. The first kappa shape index (κ1) is 15.4. The molecule has 1 heterocycles. The molecule has 0 fully saturated rings. The van der Waals surface area contributed by atoms with E-state index in [2.05, 4.69) is 20.8 Å². The van der Waals surface area contributed by atoms with Crippen molar-refractivity contribution in [3.05, 3.63) is 17.5 Å². The normalized spacial score (nSPS) is 11.9. The van der Waals surface area contributed by atoms with Gasteiger partial charge in [-0.15, -0.1) is 0 Å². The van der Waals surface area contributed by atoms with Crippen LogP contribution < -0.4 is 16.4 Å². The number of carbonyl (C=O) groups excluding carboxylic acids is 2. The van der Waals surface area contributed by atoms with Crippen molar-refractivity contribution < 1.29 is 9.59 Å². The number of rotatable bonds is 7. The molecule has 0 aromatic carbocycles. The summed E-state index contributed by atoms with van der Waals surface area (Å²) in [6, 6.07) is -1.29. The van der Waals surface area contributed by atoms with Gasteiger partial charge in [-0.1, -0.05) is 0 Å². The molecule has 1 aromatic heterocycles. The third-order valence-electron chi connectivity index (χ3n) is 2.63. The highest BCUT2D eigenvalue weighted by Gasteiger charge is 2.19. The number of nitrogens with zero attached hydrogens (tertiary/aromatic N) is 1. The number of amides is 3. The largest absolute Gasteiger partial charge is 0.352 e. The molecule has 0 spiro atoms. The number of primary amides is 1. The van der Waals surface area contributed by atoms with Gasteiger partial charge in [0.1, 0.15) is 6.04 Å². The van der Waals surface area contributed by atoms with Crippen molar-refractivity contribution >= 4 is 23.7 Å². The van der Waals surface area contributed by atoms with Crippen LogP contribution in [0.25, 0.3) is 0 Å². The molecule has 0 bridgehead atoms. The van der Waals surface area contributed by atoms with Gasteiger partial charge in [0.05, 0.1) is 6.20 Å². The molecule has 0 aliphatic rings. The minimum Gasteiger partial charge on any atom is -0.352 e. The smallest absolute Gasteiger partial charge is 0.312 e. The summed E-state index contributed by atoms with van der Waals surface area (Å²) in [7, 11) is 0. The fraction of sp³-hybridized carbons (Fsp3) is 0.545. The van der Waals surface area contributed by atoms with Gasteiger partial charge in [-0.05, 0) is 25.4 Å². The van der Waals surface area contributed by atoms with E-state index in [-0.39, 0.29) is 5.91 Å². The molecular formula is C11H19N5O2S. The first-order valence-corrected chi connectivity index (χ1v) is 7.25. The molecule has 0 saturated carbocycles. The predicted molar refractivity (Wildman–Crippen MR) is 74.7 cm³/mol. The minimum atomic E-state index is -0.694. The van der Waals surface area contributed by atoms with E-state index in [9.17, 15) is 9.59 Å². The topological polar surface area (TPSA) is 113 Å². The number of urea groups is 1. The fourth-order valence-corrected chi connectivity index (χ4v) is 2.01. The molecular weight excluding hydrogens is 266 g/mol. The van der Waals surface area contributed by atoms with Gasteiger partial charge in [0.25, 0.3) is 0 Å². The lowest BCUT2D eigenvalue weighted by Gasteiger charge is -2.16. The van der Waals surface area contributed by atoms with E-state index in [1.807, 2.05) is 13.2 Å². The lowest BCUT2D eigenvalue weighted by Crippen LogP contribution is -2.48. The molecule has 106 valence electrons. The lowest BCUT2D eigenvalue weighted by atomic mass is 10.2. The van der Waals surface area contributed by atoms with E-state index >= 15 is 0 Å². The van der Waals surface area contributed by atoms with E-state index in [4.69, 9.17) is 5.73 Å². The molecule has 7 nitrogen and oxygen atoms in total. The highest BCUT2D eigenvalue weighted by Crippen LogP contribution is 2.04. The molecule has 1 aromatic rings. The number of hydrogen-bond acceptors (Lipinski definition) is 4. The molecule has 1 atom stereocenters. The SMILES string of the molecule is CSCCC(NC(N)=O)C(=O)NCc1cn[nH]c1C. The summed E-state index contributed by atoms with van der Waals surface area (Å²) < 4.78 is 0. The molecule has 5 N–H and O–H groups in total. The number of nitrogens with two attached hydrogens (primary N) is 1. The molecule has 1 unspecified atom stereocenters. The van der Waals surface area contributed by atoms with Gasteiger partial charge >= 0.3 is 6.03 Å². The van der Waals surface area contributed by atoms with Gasteiger partial charge in [-0.3, -0.25) is 9.89 Å². The number of aryl methyl sites for hydroxylation is 1. The van der Waals surface area contributed by atoms with Gasteiger partial charge in [0.15, 0.2) is 0 Å². The summed E-state index contributed by atoms with van der Waals surface area (Å²) >= 11 is 1.61. The van der Waals surface area contributed by atoms with Crippen LogP contribution >= 0.6 is 11.8 Å². The summed E-state index contributed by atoms with van der Waals surface area (Å²) in [5.41, 5.74) is 6.89. The second-order valence-electron chi connectivity index (χ2n) is 4.08. The third-order valence-corrected chi connectivity index (χ3v) is 3.27. The van der Waals surface area contributed by atoms with Crippen molar-refractivity contribution in [2.24, 2.45) is 5.73 Å². The van der Waals surface area contributed by atoms with Crippen molar-refractivity contribution in [1.29, 1.82) is 0 Å². The average Bonchev–Trinajstić information content (AvgIpc) is 2.76. The molecule has 19 heavy (non-hydrogen) atoms. The number of aromatic amines is 1. The zero-order valence-corrected chi connectivity index (χ0v) is 11.8. The van der Waals surface area contributed by atoms with Crippen LogP contribution in [0.15, 0.2) is 6.20 Å². The zero-order chi connectivity index (χ0) is 14.3. The minimum absolute atomic E-state index is 0.242. The highest BCUT2D eigenvalue weighted by molar-refractivity contribution is 7.98. The van der Waals surface area contributed by atoms with Crippen LogP contribution in [0.4, 0.5) is 4.79 Å². The number of carbonyl (C=O) groups is 2. The highest BCUT2D eigenvalue weighted by atomic mass is 32.2. The van der Waals surface area contributed by atoms with Crippen molar-refractivity contribution in [2.45, 2.75) is 25.9 Å². The zero-order valence-electron chi connectivity index (χ0n) is 11.0. The average molecular weight is 285 g/mol. The van der Waals surface area contributed by atoms with E-state index in [0.717, 1.165) is 17.0 Å². The number of nitrogens with one attached hydrogen (secondary N) is 3.